The van der Waals surface area contributed by atoms with E-state index in [1.54, 1.807) is 31.2 Å². The van der Waals surface area contributed by atoms with E-state index >= 15 is 0 Å². The number of hydrogen-bond acceptors (Lipinski definition) is 7. The molecule has 0 aliphatic rings. The number of furan rings is 1. The first-order valence-corrected chi connectivity index (χ1v) is 9.02. The van der Waals surface area contributed by atoms with Crippen molar-refractivity contribution in [2.24, 2.45) is 5.10 Å². The Morgan fingerprint density at radius 1 is 1.35 bits per heavy atom. The van der Waals surface area contributed by atoms with Crippen molar-refractivity contribution in [3.05, 3.63) is 51.9 Å². The molecule has 1 aromatic carbocycles. The van der Waals surface area contributed by atoms with Gasteiger partial charge in [-0.3, -0.25) is 0 Å². The largest absolute Gasteiger partial charge is 0.549 e. The molecule has 0 saturated carbocycles. The van der Waals surface area contributed by atoms with Crippen LogP contribution in [-0.2, 0) is 4.79 Å². The van der Waals surface area contributed by atoms with Gasteiger partial charge >= 0.3 is 0 Å². The van der Waals surface area contributed by atoms with Crippen LogP contribution >= 0.6 is 35.0 Å². The molecule has 26 heavy (non-hydrogen) atoms. The molecule has 0 unspecified atom stereocenters. The van der Waals surface area contributed by atoms with Crippen LogP contribution < -0.4 is 5.11 Å². The summed E-state index contributed by atoms with van der Waals surface area (Å²) in [6.45, 7) is 1.77. The number of aliphatic carboxylic acids is 1. The second-order valence-corrected chi connectivity index (χ2v) is 6.81. The molecule has 0 bridgehead atoms. The lowest BCUT2D eigenvalue weighted by molar-refractivity contribution is -0.301. The van der Waals surface area contributed by atoms with Crippen molar-refractivity contribution < 1.29 is 14.3 Å². The summed E-state index contributed by atoms with van der Waals surface area (Å²) >= 11 is 13.2. The number of carbonyl (C=O) groups excluding carboxylic acids is 1. The molecular weight excluding hydrogens is 399 g/mol. The molecule has 10 heteroatoms. The lowest BCUT2D eigenvalue weighted by atomic mass is 10.2. The highest BCUT2D eigenvalue weighted by molar-refractivity contribution is 7.99. The van der Waals surface area contributed by atoms with Crippen molar-refractivity contribution in [1.82, 2.24) is 14.9 Å². The normalized spacial score (nSPS) is 11.3. The Morgan fingerprint density at radius 2 is 2.08 bits per heavy atom. The summed E-state index contributed by atoms with van der Waals surface area (Å²) in [5.74, 6) is -0.480. The van der Waals surface area contributed by atoms with E-state index in [1.807, 2.05) is 0 Å². The number of benzene rings is 1. The zero-order chi connectivity index (χ0) is 18.7. The highest BCUT2D eigenvalue weighted by Gasteiger charge is 2.17. The van der Waals surface area contributed by atoms with E-state index in [1.165, 1.54) is 17.2 Å². The molecule has 0 amide bonds. The van der Waals surface area contributed by atoms with Crippen molar-refractivity contribution >= 4 is 47.1 Å². The van der Waals surface area contributed by atoms with Crippen LogP contribution in [0.5, 0.6) is 0 Å². The number of carbonyl (C=O) groups is 1. The first-order chi connectivity index (χ1) is 12.5. The van der Waals surface area contributed by atoms with Gasteiger partial charge in [0.1, 0.15) is 5.76 Å². The van der Waals surface area contributed by atoms with E-state index in [0.29, 0.717) is 32.8 Å². The van der Waals surface area contributed by atoms with Gasteiger partial charge in [0.25, 0.3) is 0 Å². The molecule has 0 atom stereocenters. The van der Waals surface area contributed by atoms with Gasteiger partial charge in [-0.2, -0.15) is 9.78 Å². The lowest BCUT2D eigenvalue weighted by Gasteiger charge is -2.05. The number of hydrogen-bond donors (Lipinski definition) is 0. The lowest BCUT2D eigenvalue weighted by Crippen LogP contribution is -2.24. The number of halogens is 2. The first-order valence-electron chi connectivity index (χ1n) is 7.28. The van der Waals surface area contributed by atoms with Crippen molar-refractivity contribution in [3.8, 4) is 11.4 Å². The molecule has 3 rings (SSSR count). The van der Waals surface area contributed by atoms with Crippen LogP contribution in [0.25, 0.3) is 11.4 Å². The molecule has 0 aliphatic carbocycles. The van der Waals surface area contributed by atoms with E-state index in [9.17, 15) is 9.90 Å². The molecular formula is C16H11Cl2N4O3S-. The Labute approximate surface area is 162 Å². The molecule has 0 spiro atoms. The fourth-order valence-electron chi connectivity index (χ4n) is 2.12. The third kappa shape index (κ3) is 3.92. The number of aromatic nitrogens is 3. The number of aryl methyl sites for hydroxylation is 1. The fraction of sp³-hybridized carbons (Fsp3) is 0.125. The van der Waals surface area contributed by atoms with Crippen molar-refractivity contribution in [2.45, 2.75) is 12.1 Å². The van der Waals surface area contributed by atoms with Gasteiger partial charge in [0.05, 0.1) is 34.1 Å². The van der Waals surface area contributed by atoms with Gasteiger partial charge in [-0.05, 0) is 25.1 Å². The van der Waals surface area contributed by atoms with Gasteiger partial charge in [-0.25, -0.2) is 0 Å². The molecule has 2 heterocycles. The highest BCUT2D eigenvalue weighted by atomic mass is 35.5. The van der Waals surface area contributed by atoms with Gasteiger partial charge in [-0.1, -0.05) is 41.0 Å². The summed E-state index contributed by atoms with van der Waals surface area (Å²) in [5.41, 5.74) is 1.20. The second-order valence-electron chi connectivity index (χ2n) is 5.05. The number of carboxylic acids is 1. The Hall–Kier alpha value is -2.29. The van der Waals surface area contributed by atoms with Crippen LogP contribution in [0.1, 0.15) is 11.3 Å². The maximum atomic E-state index is 10.8. The topological polar surface area (TPSA) is 96.3 Å². The molecule has 134 valence electrons. The summed E-state index contributed by atoms with van der Waals surface area (Å²) in [4.78, 5) is 10.8. The van der Waals surface area contributed by atoms with E-state index in [4.69, 9.17) is 27.6 Å². The minimum atomic E-state index is -1.22. The van der Waals surface area contributed by atoms with Gasteiger partial charge in [-0.15, -0.1) is 10.2 Å². The predicted octanol–water partition coefficient (Wildman–Crippen LogP) is 2.88. The van der Waals surface area contributed by atoms with Crippen LogP contribution in [0.15, 0.2) is 45.2 Å². The van der Waals surface area contributed by atoms with E-state index in [-0.39, 0.29) is 10.9 Å². The monoisotopic (exact) mass is 409 g/mol. The molecule has 0 radical (unpaired) electrons. The van der Waals surface area contributed by atoms with Crippen molar-refractivity contribution in [3.63, 3.8) is 0 Å². The zero-order valence-corrected chi connectivity index (χ0v) is 15.7. The van der Waals surface area contributed by atoms with Crippen LogP contribution in [0.3, 0.4) is 0 Å². The average molecular weight is 410 g/mol. The van der Waals surface area contributed by atoms with Gasteiger partial charge in [0.15, 0.2) is 5.82 Å². The molecule has 0 N–H and O–H groups in total. The molecule has 0 fully saturated rings. The van der Waals surface area contributed by atoms with Crippen molar-refractivity contribution in [1.29, 1.82) is 0 Å². The average Bonchev–Trinajstić information content (AvgIpc) is 3.18. The summed E-state index contributed by atoms with van der Waals surface area (Å²) in [6, 6.07) is 6.82. The van der Waals surface area contributed by atoms with E-state index < -0.39 is 5.97 Å². The quantitative estimate of drug-likeness (QED) is 0.458. The number of nitrogens with zero attached hydrogens (tertiary/aromatic N) is 4. The molecule has 7 nitrogen and oxygen atoms in total. The summed E-state index contributed by atoms with van der Waals surface area (Å²) in [5, 5.41) is 24.4. The van der Waals surface area contributed by atoms with Crippen molar-refractivity contribution in [2.75, 3.05) is 5.75 Å². The van der Waals surface area contributed by atoms with Crippen LogP contribution in [0.2, 0.25) is 10.0 Å². The molecule has 3 aromatic rings. The summed E-state index contributed by atoms with van der Waals surface area (Å²) in [6.07, 6.45) is 2.99. The van der Waals surface area contributed by atoms with Gasteiger partial charge in [0.2, 0.25) is 5.16 Å². The van der Waals surface area contributed by atoms with Gasteiger partial charge in [0, 0.05) is 11.3 Å². The standard InChI is InChI=1S/C16H12Cl2N4O3S/c1-9-10(5-6-25-9)15-20-21-16(26-8-14(23)24)22(15)19-7-11-12(17)3-2-4-13(11)18/h2-7H,8H2,1H3,(H,23,24)/p-1. The summed E-state index contributed by atoms with van der Waals surface area (Å²) < 4.78 is 6.70. The Balaban J connectivity index is 2.05. The van der Waals surface area contributed by atoms with Crippen LogP contribution in [-0.4, -0.2) is 32.8 Å². The van der Waals surface area contributed by atoms with E-state index in [0.717, 1.165) is 11.8 Å². The minimum Gasteiger partial charge on any atom is -0.549 e. The molecule has 0 saturated heterocycles. The zero-order valence-electron chi connectivity index (χ0n) is 13.3. The van der Waals surface area contributed by atoms with Crippen LogP contribution in [0.4, 0.5) is 0 Å². The second kappa shape index (κ2) is 7.94. The Kier molecular flexibility index (Phi) is 5.65. The maximum Gasteiger partial charge on any atom is 0.212 e. The number of rotatable bonds is 6. The third-order valence-corrected chi connectivity index (χ3v) is 4.88. The minimum absolute atomic E-state index is 0.282. The van der Waals surface area contributed by atoms with Gasteiger partial charge < -0.3 is 14.3 Å². The molecule has 0 aliphatic heterocycles. The first kappa shape index (κ1) is 18.5. The van der Waals surface area contributed by atoms with E-state index in [2.05, 4.69) is 15.3 Å². The Bertz CT molecular complexity index is 964. The number of thioether (sulfide) groups is 1. The fourth-order valence-corrected chi connectivity index (χ4v) is 3.21. The number of carboxylic acid groups (broad SMARTS) is 1. The predicted molar refractivity (Wildman–Crippen MR) is 97.6 cm³/mol. The highest BCUT2D eigenvalue weighted by Crippen LogP contribution is 2.28. The Morgan fingerprint density at radius 3 is 2.69 bits per heavy atom. The molecule has 2 aromatic heterocycles. The third-order valence-electron chi connectivity index (χ3n) is 3.33. The smallest absolute Gasteiger partial charge is 0.212 e. The SMILES string of the molecule is Cc1occc1-c1nnc(SCC(=O)[O-])n1N=Cc1c(Cl)cccc1Cl. The van der Waals surface area contributed by atoms with Crippen LogP contribution in [0, 0.1) is 6.92 Å². The summed E-state index contributed by atoms with van der Waals surface area (Å²) in [7, 11) is 0. The maximum absolute atomic E-state index is 10.8.